The van der Waals surface area contributed by atoms with E-state index in [-0.39, 0.29) is 4.90 Å². The minimum Gasteiger partial charge on any atom is -0.298 e. The molecule has 0 spiro atoms. The highest BCUT2D eigenvalue weighted by molar-refractivity contribution is 7.90. The Bertz CT molecular complexity index is 1090. The largest absolute Gasteiger partial charge is 0.298 e. The summed E-state index contributed by atoms with van der Waals surface area (Å²) in [6.07, 6.45) is 7.52. The first-order valence-electron chi connectivity index (χ1n) is 7.68. The van der Waals surface area contributed by atoms with Crippen LogP contribution in [0.1, 0.15) is 11.1 Å². The van der Waals surface area contributed by atoms with Crippen LogP contribution in [-0.4, -0.2) is 30.5 Å². The Morgan fingerprint density at radius 3 is 2.48 bits per heavy atom. The fourth-order valence-corrected chi connectivity index (χ4v) is 3.70. The molecule has 2 heterocycles. The van der Waals surface area contributed by atoms with Gasteiger partial charge in [0.1, 0.15) is 4.34 Å². The number of carbonyl (C=O) groups excluding carboxylic acids is 1. The fourth-order valence-electron chi connectivity index (χ4n) is 2.27. The molecule has 0 bridgehead atoms. The van der Waals surface area contributed by atoms with Crippen LogP contribution in [0.5, 0.6) is 0 Å². The molecule has 0 aliphatic heterocycles. The monoisotopic (exact) mass is 419 g/mol. The van der Waals surface area contributed by atoms with Gasteiger partial charge in [-0.2, -0.15) is 0 Å². The number of carbonyl (C=O) groups is 1. The van der Waals surface area contributed by atoms with Crippen molar-refractivity contribution in [2.75, 3.05) is 11.6 Å². The molecule has 9 heteroatoms. The van der Waals surface area contributed by atoms with Crippen LogP contribution in [-0.2, 0) is 14.6 Å². The van der Waals surface area contributed by atoms with Gasteiger partial charge in [0.15, 0.2) is 15.0 Å². The lowest BCUT2D eigenvalue weighted by molar-refractivity contribution is -0.111. The summed E-state index contributed by atoms with van der Waals surface area (Å²) in [5.74, 6) is -0.392. The quantitative estimate of drug-likeness (QED) is 0.636. The zero-order valence-electron chi connectivity index (χ0n) is 14.1. The van der Waals surface area contributed by atoms with E-state index in [2.05, 4.69) is 15.3 Å². The number of anilines is 1. The zero-order chi connectivity index (χ0) is 19.4. The van der Waals surface area contributed by atoms with Gasteiger partial charge in [0, 0.05) is 24.2 Å². The van der Waals surface area contributed by atoms with Crippen LogP contribution in [0.4, 0.5) is 5.13 Å². The maximum atomic E-state index is 12.8. The van der Waals surface area contributed by atoms with Gasteiger partial charge in [-0.15, -0.1) is 0 Å². The lowest BCUT2D eigenvalue weighted by Gasteiger charge is -2.09. The second-order valence-corrected chi connectivity index (χ2v) is 9.24. The van der Waals surface area contributed by atoms with Crippen molar-refractivity contribution in [3.05, 3.63) is 70.5 Å². The van der Waals surface area contributed by atoms with E-state index in [1.807, 2.05) is 6.07 Å². The average Bonchev–Trinajstić information content (AvgIpc) is 3.04. The number of aromatic nitrogens is 2. The Labute approximate surface area is 165 Å². The minimum absolute atomic E-state index is 0.180. The molecular formula is C18H14ClN3O3S2. The number of rotatable bonds is 5. The first-order valence-corrected chi connectivity index (χ1v) is 10.8. The highest BCUT2D eigenvalue weighted by Crippen LogP contribution is 2.26. The third kappa shape index (κ3) is 5.00. The zero-order valence-corrected chi connectivity index (χ0v) is 16.5. The van der Waals surface area contributed by atoms with E-state index in [0.717, 1.165) is 23.2 Å². The van der Waals surface area contributed by atoms with Gasteiger partial charge in [0.25, 0.3) is 5.91 Å². The van der Waals surface area contributed by atoms with E-state index in [0.29, 0.717) is 20.6 Å². The molecule has 1 aromatic carbocycles. The Balaban J connectivity index is 1.99. The number of nitrogens with one attached hydrogen (secondary N) is 1. The van der Waals surface area contributed by atoms with E-state index >= 15 is 0 Å². The van der Waals surface area contributed by atoms with E-state index in [1.54, 1.807) is 36.7 Å². The van der Waals surface area contributed by atoms with Crippen LogP contribution < -0.4 is 5.32 Å². The average molecular weight is 420 g/mol. The Morgan fingerprint density at radius 2 is 1.93 bits per heavy atom. The van der Waals surface area contributed by atoms with Crippen LogP contribution in [0.3, 0.4) is 0 Å². The molecule has 6 nitrogen and oxygen atoms in total. The van der Waals surface area contributed by atoms with Gasteiger partial charge < -0.3 is 0 Å². The van der Waals surface area contributed by atoms with Gasteiger partial charge in [-0.25, -0.2) is 13.4 Å². The van der Waals surface area contributed by atoms with Crippen LogP contribution in [0.25, 0.3) is 11.6 Å². The highest BCUT2D eigenvalue weighted by atomic mass is 35.5. The van der Waals surface area contributed by atoms with E-state index in [1.165, 1.54) is 18.3 Å². The maximum Gasteiger partial charge on any atom is 0.258 e. The van der Waals surface area contributed by atoms with Gasteiger partial charge in [-0.05, 0) is 35.4 Å². The van der Waals surface area contributed by atoms with Crippen molar-refractivity contribution in [2.45, 2.75) is 4.90 Å². The van der Waals surface area contributed by atoms with E-state index < -0.39 is 15.7 Å². The summed E-state index contributed by atoms with van der Waals surface area (Å²) in [6, 6.07) is 9.69. The standard InChI is InChI=1S/C18H14ClN3O3S2/c1-27(24,25)14-6-4-13(5-7-14)15(9-12-3-2-8-20-10-12)17(23)22-18-21-11-16(19)26-18/h2-11H,1H3,(H,21,22,23). The summed E-state index contributed by atoms with van der Waals surface area (Å²) in [7, 11) is -3.32. The number of sulfone groups is 1. The Kier molecular flexibility index (Phi) is 5.69. The van der Waals surface area contributed by atoms with Crippen molar-refractivity contribution in [1.82, 2.24) is 9.97 Å². The maximum absolute atomic E-state index is 12.8. The molecule has 138 valence electrons. The summed E-state index contributed by atoms with van der Waals surface area (Å²) < 4.78 is 23.8. The fraction of sp³-hybridized carbons (Fsp3) is 0.0556. The van der Waals surface area contributed by atoms with Crippen molar-refractivity contribution in [3.8, 4) is 0 Å². The predicted octanol–water partition coefficient (Wildman–Crippen LogP) is 3.77. The second-order valence-electron chi connectivity index (χ2n) is 5.56. The van der Waals surface area contributed by atoms with Crippen molar-refractivity contribution >= 4 is 55.5 Å². The molecule has 3 rings (SSSR count). The predicted molar refractivity (Wildman–Crippen MR) is 107 cm³/mol. The number of hydrogen-bond donors (Lipinski definition) is 1. The number of thiazole rings is 1. The Morgan fingerprint density at radius 1 is 1.19 bits per heavy atom. The summed E-state index contributed by atoms with van der Waals surface area (Å²) in [4.78, 5) is 21.1. The highest BCUT2D eigenvalue weighted by Gasteiger charge is 2.16. The summed E-state index contributed by atoms with van der Waals surface area (Å²) in [5, 5.41) is 3.07. The topological polar surface area (TPSA) is 89.0 Å². The Hall–Kier alpha value is -2.55. The summed E-state index contributed by atoms with van der Waals surface area (Å²) in [6.45, 7) is 0. The number of benzene rings is 1. The molecule has 3 aromatic rings. The molecule has 0 unspecified atom stereocenters. The third-order valence-corrected chi connectivity index (χ3v) is 5.69. The third-order valence-electron chi connectivity index (χ3n) is 3.53. The first-order chi connectivity index (χ1) is 12.8. The molecule has 0 radical (unpaired) electrons. The summed E-state index contributed by atoms with van der Waals surface area (Å²) in [5.41, 5.74) is 1.63. The van der Waals surface area contributed by atoms with Crippen LogP contribution in [0.15, 0.2) is 59.9 Å². The van der Waals surface area contributed by atoms with Crippen molar-refractivity contribution in [1.29, 1.82) is 0 Å². The molecule has 0 fully saturated rings. The van der Waals surface area contributed by atoms with Crippen LogP contribution >= 0.6 is 22.9 Å². The van der Waals surface area contributed by atoms with Gasteiger partial charge in [-0.1, -0.05) is 41.1 Å². The summed E-state index contributed by atoms with van der Waals surface area (Å²) >= 11 is 7.00. The van der Waals surface area contributed by atoms with Crippen LogP contribution in [0.2, 0.25) is 4.34 Å². The molecule has 0 atom stereocenters. The number of hydrogen-bond acceptors (Lipinski definition) is 6. The SMILES string of the molecule is CS(=O)(=O)c1ccc(C(=Cc2cccnc2)C(=O)Nc2ncc(Cl)s2)cc1. The van der Waals surface area contributed by atoms with Crippen molar-refractivity contribution in [2.24, 2.45) is 0 Å². The molecule has 27 heavy (non-hydrogen) atoms. The van der Waals surface area contributed by atoms with Gasteiger partial charge in [0.2, 0.25) is 0 Å². The van der Waals surface area contributed by atoms with Crippen molar-refractivity contribution < 1.29 is 13.2 Å². The number of nitrogens with zero attached hydrogens (tertiary/aromatic N) is 2. The lowest BCUT2D eigenvalue weighted by atomic mass is 10.0. The number of amides is 1. The first kappa shape index (κ1) is 19.2. The van der Waals surface area contributed by atoms with Gasteiger partial charge >= 0.3 is 0 Å². The smallest absolute Gasteiger partial charge is 0.258 e. The lowest BCUT2D eigenvalue weighted by Crippen LogP contribution is -2.13. The van der Waals surface area contributed by atoms with Crippen LogP contribution in [0, 0.1) is 0 Å². The molecule has 0 aliphatic rings. The molecule has 0 saturated heterocycles. The normalized spacial score (nSPS) is 12.0. The number of pyridine rings is 1. The molecule has 1 amide bonds. The van der Waals surface area contributed by atoms with Gasteiger partial charge in [-0.3, -0.25) is 15.1 Å². The van der Waals surface area contributed by atoms with E-state index in [9.17, 15) is 13.2 Å². The molecule has 0 saturated carbocycles. The van der Waals surface area contributed by atoms with Gasteiger partial charge in [0.05, 0.1) is 11.1 Å². The molecule has 0 aliphatic carbocycles. The second kappa shape index (κ2) is 7.99. The molecular weight excluding hydrogens is 406 g/mol. The minimum atomic E-state index is -3.32. The van der Waals surface area contributed by atoms with E-state index in [4.69, 9.17) is 11.6 Å². The van der Waals surface area contributed by atoms with Crippen molar-refractivity contribution in [3.63, 3.8) is 0 Å². The number of halogens is 1. The molecule has 1 N–H and O–H groups in total. The molecule has 2 aromatic heterocycles.